The monoisotopic (exact) mass is 304 g/mol. The van der Waals surface area contributed by atoms with Gasteiger partial charge in [0.05, 0.1) is 17.8 Å². The summed E-state index contributed by atoms with van der Waals surface area (Å²) >= 11 is 0. The third-order valence-corrected chi connectivity index (χ3v) is 4.91. The maximum atomic E-state index is 6.17. The summed E-state index contributed by atoms with van der Waals surface area (Å²) in [6.45, 7) is 11.4. The minimum Gasteiger partial charge on any atom is -0.494 e. The van der Waals surface area contributed by atoms with Crippen LogP contribution >= 0.6 is 0 Å². The number of para-hydroxylation sites is 1. The third kappa shape index (κ3) is 4.05. The van der Waals surface area contributed by atoms with Crippen LogP contribution in [0.4, 0.5) is 0 Å². The van der Waals surface area contributed by atoms with Crippen LogP contribution in [0.3, 0.4) is 0 Å². The van der Waals surface area contributed by atoms with Gasteiger partial charge in [0.15, 0.2) is 0 Å². The van der Waals surface area contributed by atoms with Crippen LogP contribution in [0, 0.1) is 0 Å². The highest BCUT2D eigenvalue weighted by Gasteiger charge is 2.53. The van der Waals surface area contributed by atoms with Crippen molar-refractivity contribution in [2.24, 2.45) is 0 Å². The zero-order valence-electron chi connectivity index (χ0n) is 14.6. The quantitative estimate of drug-likeness (QED) is 0.539. The number of hydrogen-bond acceptors (Lipinski definition) is 3. The van der Waals surface area contributed by atoms with Crippen LogP contribution < -0.4 is 4.74 Å². The molecule has 2 rings (SSSR count). The number of benzene rings is 1. The van der Waals surface area contributed by atoms with Crippen LogP contribution in [0.25, 0.3) is 0 Å². The van der Waals surface area contributed by atoms with Crippen molar-refractivity contribution < 1.29 is 14.0 Å². The van der Waals surface area contributed by atoms with E-state index in [4.69, 9.17) is 14.0 Å². The third-order valence-electron chi connectivity index (χ3n) is 4.91. The molecule has 3 nitrogen and oxygen atoms in total. The first kappa shape index (κ1) is 17.4. The van der Waals surface area contributed by atoms with E-state index in [1.165, 1.54) is 0 Å². The van der Waals surface area contributed by atoms with E-state index in [-0.39, 0.29) is 18.3 Å². The van der Waals surface area contributed by atoms with Crippen LogP contribution in [0.2, 0.25) is 5.82 Å². The van der Waals surface area contributed by atoms with Gasteiger partial charge in [-0.2, -0.15) is 0 Å². The van der Waals surface area contributed by atoms with E-state index in [2.05, 4.69) is 34.6 Å². The van der Waals surface area contributed by atoms with E-state index in [0.29, 0.717) is 5.82 Å². The first-order valence-electron chi connectivity index (χ1n) is 8.39. The fourth-order valence-electron chi connectivity index (χ4n) is 2.67. The highest BCUT2D eigenvalue weighted by atomic mass is 16.7. The van der Waals surface area contributed by atoms with Gasteiger partial charge in [-0.15, -0.1) is 0 Å². The molecule has 0 amide bonds. The Morgan fingerprint density at radius 2 is 1.64 bits per heavy atom. The fraction of sp³-hybridized carbons (Fsp3) is 0.667. The van der Waals surface area contributed by atoms with Crippen molar-refractivity contribution in [1.82, 2.24) is 0 Å². The molecule has 122 valence electrons. The van der Waals surface area contributed by atoms with Gasteiger partial charge in [0, 0.05) is 0 Å². The van der Waals surface area contributed by atoms with Gasteiger partial charge >= 0.3 is 7.12 Å². The summed E-state index contributed by atoms with van der Waals surface area (Å²) in [6.07, 6.45) is 3.12. The van der Waals surface area contributed by atoms with Crippen molar-refractivity contribution in [1.29, 1.82) is 0 Å². The molecule has 0 saturated carbocycles. The normalized spacial score (nSPS) is 20.9. The molecule has 1 aliphatic rings. The molecule has 0 aliphatic carbocycles. The molecular weight excluding hydrogens is 275 g/mol. The Labute approximate surface area is 135 Å². The summed E-state index contributed by atoms with van der Waals surface area (Å²) in [4.78, 5) is 0. The lowest BCUT2D eigenvalue weighted by Crippen LogP contribution is -2.41. The Morgan fingerprint density at radius 1 is 1.05 bits per heavy atom. The van der Waals surface area contributed by atoms with Crippen molar-refractivity contribution in [3.63, 3.8) is 0 Å². The highest BCUT2D eigenvalue weighted by Crippen LogP contribution is 2.41. The summed E-state index contributed by atoms with van der Waals surface area (Å²) in [5.74, 6) is 1.35. The Hall–Kier alpha value is -0.995. The Balaban J connectivity index is 1.78. The van der Waals surface area contributed by atoms with E-state index in [1.807, 2.05) is 30.3 Å². The van der Waals surface area contributed by atoms with Crippen molar-refractivity contribution in [2.45, 2.75) is 70.9 Å². The molecule has 0 radical (unpaired) electrons. The minimum atomic E-state index is -0.244. The Morgan fingerprint density at radius 3 is 2.18 bits per heavy atom. The van der Waals surface area contributed by atoms with Crippen LogP contribution in [0.5, 0.6) is 5.75 Å². The van der Waals surface area contributed by atoms with Gasteiger partial charge in [0.1, 0.15) is 5.75 Å². The number of rotatable bonds is 7. The molecule has 0 bridgehead atoms. The lowest BCUT2D eigenvalue weighted by Gasteiger charge is -2.32. The predicted octanol–water partition coefficient (Wildman–Crippen LogP) is 4.72. The van der Waals surface area contributed by atoms with Crippen LogP contribution in [0.15, 0.2) is 30.3 Å². The topological polar surface area (TPSA) is 27.7 Å². The predicted molar refractivity (Wildman–Crippen MR) is 91.3 cm³/mol. The van der Waals surface area contributed by atoms with Gasteiger partial charge in [0.2, 0.25) is 0 Å². The summed E-state index contributed by atoms with van der Waals surface area (Å²) in [6, 6.07) is 9.97. The molecule has 1 atom stereocenters. The lowest BCUT2D eigenvalue weighted by atomic mass is 9.68. The molecule has 0 spiro atoms. The van der Waals surface area contributed by atoms with E-state index >= 15 is 0 Å². The standard InChI is InChI=1S/C18H29BO3/c1-6-15(19-21-17(2,3)18(4,5)22-19)11-10-14-20-16-12-8-7-9-13-16/h7-9,12-13,15H,6,10-11,14H2,1-5H3. The molecule has 0 aromatic heterocycles. The summed E-state index contributed by atoms with van der Waals surface area (Å²) < 4.78 is 18.1. The van der Waals surface area contributed by atoms with Gasteiger partial charge < -0.3 is 14.0 Å². The van der Waals surface area contributed by atoms with Crippen molar-refractivity contribution >= 4 is 7.12 Å². The van der Waals surface area contributed by atoms with Crippen molar-refractivity contribution in [2.75, 3.05) is 6.61 Å². The average Bonchev–Trinajstić information content (AvgIpc) is 2.68. The van der Waals surface area contributed by atoms with Crippen LogP contribution in [0.1, 0.15) is 53.9 Å². The molecule has 4 heteroatoms. The molecular formula is C18H29BO3. The number of ether oxygens (including phenoxy) is 1. The second-order valence-corrected chi connectivity index (χ2v) is 7.10. The maximum Gasteiger partial charge on any atom is 0.461 e. The Kier molecular flexibility index (Phi) is 5.57. The first-order chi connectivity index (χ1) is 10.4. The van der Waals surface area contributed by atoms with Crippen molar-refractivity contribution in [3.05, 3.63) is 30.3 Å². The van der Waals surface area contributed by atoms with E-state index in [0.717, 1.165) is 31.6 Å². The van der Waals surface area contributed by atoms with Crippen LogP contribution in [-0.4, -0.2) is 24.9 Å². The second-order valence-electron chi connectivity index (χ2n) is 7.10. The molecule has 0 N–H and O–H groups in total. The van der Waals surface area contributed by atoms with Crippen LogP contribution in [-0.2, 0) is 9.31 Å². The SMILES string of the molecule is CCC(CCCOc1ccccc1)B1OC(C)(C)C(C)(C)O1. The summed E-state index contributed by atoms with van der Waals surface area (Å²) in [5, 5.41) is 0. The zero-order chi connectivity index (χ0) is 16.2. The van der Waals surface area contributed by atoms with Gasteiger partial charge in [-0.1, -0.05) is 31.5 Å². The molecule has 1 aromatic carbocycles. The smallest absolute Gasteiger partial charge is 0.461 e. The van der Waals surface area contributed by atoms with Gasteiger partial charge in [0.25, 0.3) is 0 Å². The van der Waals surface area contributed by atoms with E-state index in [1.54, 1.807) is 0 Å². The fourth-order valence-corrected chi connectivity index (χ4v) is 2.67. The van der Waals surface area contributed by atoms with E-state index in [9.17, 15) is 0 Å². The van der Waals surface area contributed by atoms with Gasteiger partial charge in [-0.3, -0.25) is 0 Å². The first-order valence-corrected chi connectivity index (χ1v) is 8.39. The Bertz CT molecular complexity index is 443. The average molecular weight is 304 g/mol. The van der Waals surface area contributed by atoms with Gasteiger partial charge in [-0.25, -0.2) is 0 Å². The largest absolute Gasteiger partial charge is 0.494 e. The summed E-state index contributed by atoms with van der Waals surface area (Å²) in [5.41, 5.74) is -0.489. The molecule has 1 heterocycles. The molecule has 1 saturated heterocycles. The lowest BCUT2D eigenvalue weighted by molar-refractivity contribution is 0.00578. The molecule has 1 aliphatic heterocycles. The maximum absolute atomic E-state index is 6.17. The van der Waals surface area contributed by atoms with Gasteiger partial charge in [-0.05, 0) is 58.5 Å². The van der Waals surface area contributed by atoms with E-state index < -0.39 is 0 Å². The highest BCUT2D eigenvalue weighted by molar-refractivity contribution is 6.47. The second kappa shape index (κ2) is 7.05. The molecule has 22 heavy (non-hydrogen) atoms. The molecule has 1 fully saturated rings. The zero-order valence-corrected chi connectivity index (χ0v) is 14.6. The number of hydrogen-bond donors (Lipinski definition) is 0. The minimum absolute atomic E-state index is 0.105. The summed E-state index contributed by atoms with van der Waals surface area (Å²) in [7, 11) is -0.105. The molecule has 1 aromatic rings. The molecule has 1 unspecified atom stereocenters. The van der Waals surface area contributed by atoms with Crippen molar-refractivity contribution in [3.8, 4) is 5.75 Å².